The molecule has 4 aromatic carbocycles. The monoisotopic (exact) mass is 470 g/mol. The highest BCUT2D eigenvalue weighted by Gasteiger charge is 2.52. The molecule has 2 aliphatic rings. The van der Waals surface area contributed by atoms with Crippen molar-refractivity contribution >= 4 is 0 Å². The van der Waals surface area contributed by atoms with E-state index in [1.807, 2.05) is 12.1 Å². The maximum absolute atomic E-state index is 5.30. The number of nitrogens with zero attached hydrogens (tertiary/aromatic N) is 2. The molecule has 0 saturated heterocycles. The second-order valence-electron chi connectivity index (χ2n) is 9.76. The smallest absolute Gasteiger partial charge is 0.0945 e. The molecule has 0 aliphatic heterocycles. The molecule has 0 atom stereocenters. The molecule has 0 fully saturated rings. The van der Waals surface area contributed by atoms with Crippen LogP contribution in [0.5, 0.6) is 0 Å². The number of benzene rings is 4. The fourth-order valence-corrected chi connectivity index (χ4v) is 6.38. The molecule has 2 heterocycles. The van der Waals surface area contributed by atoms with Gasteiger partial charge in [0.1, 0.15) is 0 Å². The first-order valence-corrected chi connectivity index (χ1v) is 12.7. The lowest BCUT2D eigenvalue weighted by Crippen LogP contribution is -2.26. The van der Waals surface area contributed by atoms with Crippen LogP contribution in [0.1, 0.15) is 22.3 Å². The van der Waals surface area contributed by atoms with E-state index >= 15 is 0 Å². The van der Waals surface area contributed by atoms with Crippen molar-refractivity contribution in [1.82, 2.24) is 9.97 Å². The molecular formula is C35H22N2. The average Bonchev–Trinajstić information content (AvgIpc) is 3.44. The lowest BCUT2D eigenvalue weighted by atomic mass is 9.71. The molecule has 2 nitrogen and oxygen atoms in total. The Morgan fingerprint density at radius 3 is 1.22 bits per heavy atom. The van der Waals surface area contributed by atoms with Gasteiger partial charge in [-0.1, -0.05) is 121 Å². The lowest BCUT2D eigenvalue weighted by molar-refractivity contribution is 0.790. The van der Waals surface area contributed by atoms with Gasteiger partial charge in [-0.25, -0.2) is 9.97 Å². The summed E-state index contributed by atoms with van der Waals surface area (Å²) in [7, 11) is 0. The summed E-state index contributed by atoms with van der Waals surface area (Å²) in [5.41, 5.74) is 13.3. The molecular weight excluding hydrogens is 448 g/mol. The summed E-state index contributed by atoms with van der Waals surface area (Å²) in [6.07, 6.45) is 0. The zero-order valence-corrected chi connectivity index (χ0v) is 20.1. The van der Waals surface area contributed by atoms with E-state index in [9.17, 15) is 0 Å². The van der Waals surface area contributed by atoms with E-state index in [0.717, 1.165) is 33.9 Å². The highest BCUT2D eigenvalue weighted by molar-refractivity contribution is 5.93. The quantitative estimate of drug-likeness (QED) is 0.255. The average molecular weight is 471 g/mol. The summed E-state index contributed by atoms with van der Waals surface area (Å²) >= 11 is 0. The number of aromatic nitrogens is 2. The van der Waals surface area contributed by atoms with Crippen molar-refractivity contribution < 1.29 is 0 Å². The van der Waals surface area contributed by atoms with Crippen LogP contribution in [0, 0.1) is 0 Å². The standard InChI is InChI=1S/C35H22N2/c1-3-11-23(12-4-1)31-21-19-29-33(36-31)34-30(20-22-32(37-34)24-13-5-2-6-14-24)35(29)27-17-9-7-15-25(27)26-16-8-10-18-28(26)35/h1-22H. The van der Waals surface area contributed by atoms with Crippen LogP contribution < -0.4 is 0 Å². The first kappa shape index (κ1) is 20.4. The first-order valence-electron chi connectivity index (χ1n) is 12.7. The topological polar surface area (TPSA) is 25.8 Å². The fourth-order valence-electron chi connectivity index (χ4n) is 6.38. The summed E-state index contributed by atoms with van der Waals surface area (Å²) in [4.78, 5) is 10.6. The molecule has 2 aromatic heterocycles. The van der Waals surface area contributed by atoms with E-state index in [1.165, 1.54) is 33.4 Å². The van der Waals surface area contributed by atoms with Crippen LogP contribution in [0.3, 0.4) is 0 Å². The molecule has 6 aromatic rings. The van der Waals surface area contributed by atoms with E-state index in [2.05, 4.69) is 121 Å². The van der Waals surface area contributed by atoms with E-state index < -0.39 is 5.41 Å². The minimum atomic E-state index is -0.428. The van der Waals surface area contributed by atoms with Crippen LogP contribution in [0.25, 0.3) is 45.0 Å². The summed E-state index contributed by atoms with van der Waals surface area (Å²) in [6.45, 7) is 0. The fraction of sp³-hybridized carbons (Fsp3) is 0.0286. The van der Waals surface area contributed by atoms with Crippen LogP contribution in [0.2, 0.25) is 0 Å². The Kier molecular flexibility index (Phi) is 4.18. The Bertz CT molecular complexity index is 1680. The molecule has 2 heteroatoms. The van der Waals surface area contributed by atoms with Gasteiger partial charge >= 0.3 is 0 Å². The third kappa shape index (κ3) is 2.70. The van der Waals surface area contributed by atoms with Gasteiger partial charge in [0.25, 0.3) is 0 Å². The molecule has 0 amide bonds. The van der Waals surface area contributed by atoms with Crippen LogP contribution in [0.4, 0.5) is 0 Å². The molecule has 1 spiro atoms. The summed E-state index contributed by atoms with van der Waals surface area (Å²) in [6, 6.07) is 47.4. The Labute approximate surface area is 216 Å². The van der Waals surface area contributed by atoms with Gasteiger partial charge in [0.05, 0.1) is 28.2 Å². The summed E-state index contributed by atoms with van der Waals surface area (Å²) < 4.78 is 0. The third-order valence-corrected chi connectivity index (χ3v) is 7.91. The normalized spacial score (nSPS) is 13.6. The zero-order chi connectivity index (χ0) is 24.4. The molecule has 0 radical (unpaired) electrons. The van der Waals surface area contributed by atoms with Crippen molar-refractivity contribution in [1.29, 1.82) is 0 Å². The largest absolute Gasteiger partial charge is 0.246 e. The van der Waals surface area contributed by atoms with Crippen LogP contribution in [-0.4, -0.2) is 9.97 Å². The number of fused-ring (bicyclic) bond motifs is 10. The highest BCUT2D eigenvalue weighted by Crippen LogP contribution is 2.62. The Balaban J connectivity index is 1.48. The zero-order valence-electron chi connectivity index (χ0n) is 20.1. The van der Waals surface area contributed by atoms with Gasteiger partial charge in [0.2, 0.25) is 0 Å². The molecule has 2 aliphatic carbocycles. The minimum absolute atomic E-state index is 0.428. The lowest BCUT2D eigenvalue weighted by Gasteiger charge is -2.29. The Hall–Kier alpha value is -4.82. The molecule has 0 unspecified atom stereocenters. The molecule has 0 bridgehead atoms. The van der Waals surface area contributed by atoms with Gasteiger partial charge in [-0.05, 0) is 45.5 Å². The number of hydrogen-bond donors (Lipinski definition) is 0. The van der Waals surface area contributed by atoms with Gasteiger partial charge in [-0.3, -0.25) is 0 Å². The molecule has 8 rings (SSSR count). The Morgan fingerprint density at radius 1 is 0.351 bits per heavy atom. The van der Waals surface area contributed by atoms with Crippen molar-refractivity contribution in [2.24, 2.45) is 0 Å². The number of pyridine rings is 2. The highest BCUT2D eigenvalue weighted by atomic mass is 14.8. The second-order valence-corrected chi connectivity index (χ2v) is 9.76. The van der Waals surface area contributed by atoms with E-state index in [-0.39, 0.29) is 0 Å². The summed E-state index contributed by atoms with van der Waals surface area (Å²) in [5.74, 6) is 0. The van der Waals surface area contributed by atoms with Crippen molar-refractivity contribution in [3.8, 4) is 45.0 Å². The molecule has 0 saturated carbocycles. The van der Waals surface area contributed by atoms with Gasteiger partial charge in [0.15, 0.2) is 0 Å². The van der Waals surface area contributed by atoms with Crippen molar-refractivity contribution in [3.05, 3.63) is 156 Å². The van der Waals surface area contributed by atoms with Crippen LogP contribution in [0.15, 0.2) is 133 Å². The number of rotatable bonds is 2. The molecule has 172 valence electrons. The second kappa shape index (κ2) is 7.59. The van der Waals surface area contributed by atoms with E-state index in [4.69, 9.17) is 9.97 Å². The molecule has 0 N–H and O–H groups in total. The van der Waals surface area contributed by atoms with Crippen molar-refractivity contribution in [2.75, 3.05) is 0 Å². The van der Waals surface area contributed by atoms with Crippen LogP contribution >= 0.6 is 0 Å². The Morgan fingerprint density at radius 2 is 0.757 bits per heavy atom. The van der Waals surface area contributed by atoms with Gasteiger partial charge in [-0.15, -0.1) is 0 Å². The van der Waals surface area contributed by atoms with Gasteiger partial charge < -0.3 is 0 Å². The maximum atomic E-state index is 5.30. The minimum Gasteiger partial charge on any atom is -0.246 e. The first-order chi connectivity index (χ1) is 18.4. The third-order valence-electron chi connectivity index (χ3n) is 7.91. The van der Waals surface area contributed by atoms with Crippen LogP contribution in [-0.2, 0) is 5.41 Å². The number of hydrogen-bond acceptors (Lipinski definition) is 2. The van der Waals surface area contributed by atoms with Gasteiger partial charge in [0, 0.05) is 11.1 Å². The summed E-state index contributed by atoms with van der Waals surface area (Å²) in [5, 5.41) is 0. The predicted octanol–water partition coefficient (Wildman–Crippen LogP) is 8.15. The van der Waals surface area contributed by atoms with E-state index in [0.29, 0.717) is 0 Å². The van der Waals surface area contributed by atoms with E-state index in [1.54, 1.807) is 0 Å². The molecule has 37 heavy (non-hydrogen) atoms. The van der Waals surface area contributed by atoms with Crippen molar-refractivity contribution in [2.45, 2.75) is 5.41 Å². The van der Waals surface area contributed by atoms with Crippen molar-refractivity contribution in [3.63, 3.8) is 0 Å². The maximum Gasteiger partial charge on any atom is 0.0945 e. The predicted molar refractivity (Wildman–Crippen MR) is 149 cm³/mol. The SMILES string of the molecule is c1ccc(-c2ccc3c(n2)-c2nc(-c4ccccc4)ccc2C32c3ccccc3-c3ccccc32)cc1. The van der Waals surface area contributed by atoms with Gasteiger partial charge in [-0.2, -0.15) is 0 Å².